The van der Waals surface area contributed by atoms with Crippen molar-refractivity contribution in [3.63, 3.8) is 0 Å². The lowest BCUT2D eigenvalue weighted by Gasteiger charge is -2.46. The summed E-state index contributed by atoms with van der Waals surface area (Å²) in [7, 11) is 0. The van der Waals surface area contributed by atoms with Gasteiger partial charge in [0, 0.05) is 12.7 Å². The highest BCUT2D eigenvalue weighted by molar-refractivity contribution is 6.01. The first-order valence-corrected chi connectivity index (χ1v) is 10.9. The van der Waals surface area contributed by atoms with Crippen molar-refractivity contribution in [1.82, 2.24) is 9.88 Å². The first-order valence-electron chi connectivity index (χ1n) is 10.9. The summed E-state index contributed by atoms with van der Waals surface area (Å²) in [6.45, 7) is 5.83. The molecule has 6 nitrogen and oxygen atoms in total. The number of amides is 1. The third kappa shape index (κ3) is 5.48. The summed E-state index contributed by atoms with van der Waals surface area (Å²) in [5, 5.41) is 16.1. The van der Waals surface area contributed by atoms with Gasteiger partial charge in [-0.3, -0.25) is 4.79 Å². The van der Waals surface area contributed by atoms with Crippen LogP contribution in [0, 0.1) is 24.4 Å². The van der Waals surface area contributed by atoms with E-state index >= 15 is 0 Å². The number of hydrogen-bond donors (Lipinski definition) is 3. The number of anilines is 3. The molecule has 1 aliphatic heterocycles. The van der Waals surface area contributed by atoms with Crippen molar-refractivity contribution < 1.29 is 23.1 Å². The first kappa shape index (κ1) is 25.0. The van der Waals surface area contributed by atoms with E-state index in [2.05, 4.69) is 15.6 Å². The van der Waals surface area contributed by atoms with Crippen LogP contribution in [0.25, 0.3) is 0 Å². The Balaban J connectivity index is 0.00000158. The maximum absolute atomic E-state index is 14.6. The van der Waals surface area contributed by atoms with Gasteiger partial charge in [-0.1, -0.05) is 26.0 Å². The van der Waals surface area contributed by atoms with E-state index in [1.165, 1.54) is 17.0 Å². The number of pyridine rings is 1. The number of nitrogens with one attached hydrogen (secondary N) is 2. The van der Waals surface area contributed by atoms with Crippen molar-refractivity contribution in [3.05, 3.63) is 83.3 Å². The Labute approximate surface area is 196 Å². The van der Waals surface area contributed by atoms with Gasteiger partial charge in [0.15, 0.2) is 11.6 Å². The highest BCUT2D eigenvalue weighted by Gasteiger charge is 2.44. The minimum atomic E-state index is -1.29. The van der Waals surface area contributed by atoms with Crippen LogP contribution < -0.4 is 10.6 Å². The number of carbonyl (C=O) groups excluding carboxylic acids is 1. The van der Waals surface area contributed by atoms with Crippen LogP contribution in [-0.2, 0) is 0 Å². The second-order valence-electron chi connectivity index (χ2n) is 7.85. The topological polar surface area (TPSA) is 77.5 Å². The molecule has 180 valence electrons. The van der Waals surface area contributed by atoms with Gasteiger partial charge in [0.1, 0.15) is 17.2 Å². The quantitative estimate of drug-likeness (QED) is 0.477. The van der Waals surface area contributed by atoms with Crippen molar-refractivity contribution in [1.29, 1.82) is 0 Å². The molecule has 1 aliphatic rings. The molecule has 1 fully saturated rings. The molecule has 3 N–H and O–H groups in total. The van der Waals surface area contributed by atoms with E-state index in [9.17, 15) is 23.1 Å². The monoisotopic (exact) mass is 472 g/mol. The molecule has 0 spiro atoms. The van der Waals surface area contributed by atoms with Crippen LogP contribution in [0.5, 0.6) is 0 Å². The standard InChI is InChI=1S/C23H21F3N4O2.C2H6/c1-14-5-8-18(17(25)10-14)29-21-15(6-7-16(24)20(21)26)22(31)30-12-23(32,13-30)11-28-19-4-2-3-9-27-19;1-2/h2-10,29,32H,11-13H2,1H3,(H,27,28);1-2H3. The number of carbonyl (C=O) groups is 1. The fourth-order valence-corrected chi connectivity index (χ4v) is 3.52. The summed E-state index contributed by atoms with van der Waals surface area (Å²) in [5.74, 6) is -3.15. The van der Waals surface area contributed by atoms with Gasteiger partial charge in [-0.2, -0.15) is 0 Å². The number of hydrogen-bond acceptors (Lipinski definition) is 5. The van der Waals surface area contributed by atoms with Crippen molar-refractivity contribution in [3.8, 4) is 0 Å². The number of aliphatic hydroxyl groups is 1. The molecule has 34 heavy (non-hydrogen) atoms. The van der Waals surface area contributed by atoms with Gasteiger partial charge >= 0.3 is 0 Å². The van der Waals surface area contributed by atoms with E-state index in [4.69, 9.17) is 0 Å². The minimum Gasteiger partial charge on any atom is -0.384 e. The second-order valence-corrected chi connectivity index (χ2v) is 7.85. The molecule has 1 amide bonds. The largest absolute Gasteiger partial charge is 0.384 e. The fourth-order valence-electron chi connectivity index (χ4n) is 3.52. The average Bonchev–Trinajstić information content (AvgIpc) is 2.82. The molecule has 0 aliphatic carbocycles. The Hall–Kier alpha value is -3.59. The van der Waals surface area contributed by atoms with Crippen LogP contribution in [-0.4, -0.2) is 46.1 Å². The maximum atomic E-state index is 14.6. The Bertz CT molecular complexity index is 1150. The SMILES string of the molecule is CC.Cc1ccc(Nc2c(C(=O)N3CC(O)(CNc4ccccn4)C3)ccc(F)c2F)c(F)c1. The van der Waals surface area contributed by atoms with Gasteiger partial charge in [-0.05, 0) is 48.9 Å². The van der Waals surface area contributed by atoms with E-state index in [1.54, 1.807) is 37.4 Å². The molecular weight excluding hydrogens is 445 g/mol. The van der Waals surface area contributed by atoms with E-state index < -0.39 is 34.6 Å². The zero-order chi connectivity index (χ0) is 24.9. The van der Waals surface area contributed by atoms with Gasteiger partial charge in [0.05, 0.1) is 30.0 Å². The van der Waals surface area contributed by atoms with Crippen molar-refractivity contribution >= 4 is 23.1 Å². The highest BCUT2D eigenvalue weighted by Crippen LogP contribution is 2.31. The Morgan fingerprint density at radius 1 is 1.09 bits per heavy atom. The Kier molecular flexibility index (Phi) is 7.78. The first-order chi connectivity index (χ1) is 16.3. The predicted molar refractivity (Wildman–Crippen MR) is 126 cm³/mol. The molecule has 3 aromatic rings. The lowest BCUT2D eigenvalue weighted by molar-refractivity contribution is -0.0707. The van der Waals surface area contributed by atoms with E-state index in [0.717, 1.165) is 12.1 Å². The van der Waals surface area contributed by atoms with Crippen molar-refractivity contribution in [2.24, 2.45) is 0 Å². The Morgan fingerprint density at radius 3 is 2.47 bits per heavy atom. The van der Waals surface area contributed by atoms with Crippen molar-refractivity contribution in [2.45, 2.75) is 26.4 Å². The molecule has 9 heteroatoms. The smallest absolute Gasteiger partial charge is 0.256 e. The van der Waals surface area contributed by atoms with E-state index in [0.29, 0.717) is 11.4 Å². The summed E-state index contributed by atoms with van der Waals surface area (Å²) >= 11 is 0. The highest BCUT2D eigenvalue weighted by atomic mass is 19.2. The molecular formula is C25H27F3N4O2. The van der Waals surface area contributed by atoms with Crippen LogP contribution in [0.15, 0.2) is 54.7 Å². The number of nitrogens with zero attached hydrogens (tertiary/aromatic N) is 2. The summed E-state index contributed by atoms with van der Waals surface area (Å²) < 4.78 is 42.7. The molecule has 1 saturated heterocycles. The number of benzene rings is 2. The van der Waals surface area contributed by atoms with Crippen LogP contribution in [0.2, 0.25) is 0 Å². The minimum absolute atomic E-state index is 0.0109. The molecule has 2 aromatic carbocycles. The van der Waals surface area contributed by atoms with Gasteiger partial charge in [-0.15, -0.1) is 0 Å². The molecule has 0 unspecified atom stereocenters. The van der Waals surface area contributed by atoms with Gasteiger partial charge in [-0.25, -0.2) is 18.2 Å². The van der Waals surface area contributed by atoms with E-state index in [-0.39, 0.29) is 30.9 Å². The predicted octanol–water partition coefficient (Wildman–Crippen LogP) is 4.88. The molecule has 0 atom stereocenters. The third-order valence-corrected chi connectivity index (χ3v) is 5.23. The van der Waals surface area contributed by atoms with Crippen LogP contribution in [0.3, 0.4) is 0 Å². The van der Waals surface area contributed by atoms with Crippen LogP contribution >= 0.6 is 0 Å². The van der Waals surface area contributed by atoms with Crippen LogP contribution in [0.1, 0.15) is 29.8 Å². The maximum Gasteiger partial charge on any atom is 0.256 e. The van der Waals surface area contributed by atoms with Gasteiger partial charge in [0.2, 0.25) is 0 Å². The van der Waals surface area contributed by atoms with Crippen LogP contribution in [0.4, 0.5) is 30.4 Å². The molecule has 1 aromatic heterocycles. The lowest BCUT2D eigenvalue weighted by atomic mass is 9.92. The normalized spacial score (nSPS) is 13.9. The Morgan fingerprint density at radius 2 is 1.82 bits per heavy atom. The van der Waals surface area contributed by atoms with Gasteiger partial charge < -0.3 is 20.6 Å². The number of halogens is 3. The fraction of sp³-hybridized carbons (Fsp3) is 0.280. The second kappa shape index (κ2) is 10.6. The van der Waals surface area contributed by atoms with E-state index in [1.807, 2.05) is 13.8 Å². The summed E-state index contributed by atoms with van der Waals surface area (Å²) in [5.41, 5.74) is -1.25. The molecule has 0 saturated carbocycles. The molecule has 0 radical (unpaired) electrons. The van der Waals surface area contributed by atoms with Crippen molar-refractivity contribution in [2.75, 3.05) is 30.3 Å². The van der Waals surface area contributed by atoms with Gasteiger partial charge in [0.25, 0.3) is 5.91 Å². The lowest BCUT2D eigenvalue weighted by Crippen LogP contribution is -2.66. The third-order valence-electron chi connectivity index (χ3n) is 5.23. The number of aromatic nitrogens is 1. The number of likely N-dealkylation sites (tertiary alicyclic amines) is 1. The summed E-state index contributed by atoms with van der Waals surface area (Å²) in [6.07, 6.45) is 1.61. The summed E-state index contributed by atoms with van der Waals surface area (Å²) in [6, 6.07) is 11.5. The molecule has 0 bridgehead atoms. The molecule has 4 rings (SSSR count). The zero-order valence-corrected chi connectivity index (χ0v) is 19.2. The number of rotatable bonds is 6. The average molecular weight is 473 g/mol. The zero-order valence-electron chi connectivity index (χ0n) is 19.2. The number of β-amino-alcohol motifs (C(OH)–C–C–N with tert-alkyl or cyclic N) is 1. The summed E-state index contributed by atoms with van der Waals surface area (Å²) in [4.78, 5) is 18.4. The molecule has 2 heterocycles. The number of aryl methyl sites for hydroxylation is 1.